The molecule has 2 saturated heterocycles. The summed E-state index contributed by atoms with van der Waals surface area (Å²) in [4.78, 5) is 26.0. The minimum atomic E-state index is -0.226. The highest BCUT2D eigenvalue weighted by Gasteiger charge is 2.19. The molecule has 0 bridgehead atoms. The van der Waals surface area contributed by atoms with Gasteiger partial charge in [0.05, 0.1) is 12.4 Å². The van der Waals surface area contributed by atoms with Crippen LogP contribution < -0.4 is 15.1 Å². The van der Waals surface area contributed by atoms with Crippen LogP contribution >= 0.6 is 0 Å². The number of nitrogens with one attached hydrogen (secondary N) is 1. The van der Waals surface area contributed by atoms with Gasteiger partial charge in [0.25, 0.3) is 5.91 Å². The van der Waals surface area contributed by atoms with Gasteiger partial charge in [0.1, 0.15) is 11.5 Å². The number of nitrogens with zero attached hydrogens (tertiary/aromatic N) is 4. The zero-order valence-corrected chi connectivity index (χ0v) is 17.5. The number of amides is 1. The lowest BCUT2D eigenvalue weighted by Crippen LogP contribution is -2.35. The third kappa shape index (κ3) is 4.86. The van der Waals surface area contributed by atoms with Crippen LogP contribution in [0.1, 0.15) is 50.0 Å². The quantitative estimate of drug-likeness (QED) is 0.843. The van der Waals surface area contributed by atoms with Crippen molar-refractivity contribution < 1.29 is 4.79 Å². The maximum absolute atomic E-state index is 12.5. The average Bonchev–Trinajstić information content (AvgIpc) is 2.75. The molecule has 6 nitrogen and oxygen atoms in total. The van der Waals surface area contributed by atoms with E-state index in [0.717, 1.165) is 43.6 Å². The van der Waals surface area contributed by atoms with Crippen LogP contribution in [0.3, 0.4) is 0 Å². The van der Waals surface area contributed by atoms with Gasteiger partial charge in [-0.2, -0.15) is 0 Å². The van der Waals surface area contributed by atoms with Crippen molar-refractivity contribution in [2.75, 3.05) is 41.3 Å². The van der Waals surface area contributed by atoms with E-state index in [9.17, 15) is 4.79 Å². The van der Waals surface area contributed by atoms with Gasteiger partial charge in [-0.3, -0.25) is 4.79 Å². The fourth-order valence-corrected chi connectivity index (χ4v) is 4.22. The van der Waals surface area contributed by atoms with Crippen molar-refractivity contribution in [2.24, 2.45) is 11.8 Å². The molecular formula is C23H31N5O. The summed E-state index contributed by atoms with van der Waals surface area (Å²) >= 11 is 0. The van der Waals surface area contributed by atoms with Crippen molar-refractivity contribution in [1.29, 1.82) is 0 Å². The molecule has 1 amide bonds. The zero-order valence-electron chi connectivity index (χ0n) is 17.5. The lowest BCUT2D eigenvalue weighted by atomic mass is 9.99. The Balaban J connectivity index is 1.35. The molecule has 4 rings (SSSR count). The monoisotopic (exact) mass is 393 g/mol. The number of carbonyl (C=O) groups excluding carboxylic acids is 1. The van der Waals surface area contributed by atoms with E-state index < -0.39 is 0 Å². The standard InChI is InChI=1S/C23H31N5O/c1-17-9-12-27(13-10-17)20-7-5-19(6-8-20)26-23(29)21-14-25-22(15-24-21)28-11-3-4-18(2)16-28/h5-8,14-15,17-18H,3-4,9-13,16H2,1-2H3,(H,26,29). The normalized spacial score (nSPS) is 20.6. The lowest BCUT2D eigenvalue weighted by Gasteiger charge is -2.32. The molecule has 2 aliphatic rings. The molecule has 3 heterocycles. The highest BCUT2D eigenvalue weighted by Crippen LogP contribution is 2.24. The highest BCUT2D eigenvalue weighted by molar-refractivity contribution is 6.02. The summed E-state index contributed by atoms with van der Waals surface area (Å²) in [6.45, 7) is 8.79. The van der Waals surface area contributed by atoms with E-state index in [1.807, 2.05) is 12.1 Å². The van der Waals surface area contributed by atoms with Gasteiger partial charge in [-0.15, -0.1) is 0 Å². The van der Waals surface area contributed by atoms with Crippen molar-refractivity contribution in [1.82, 2.24) is 9.97 Å². The second-order valence-electron chi connectivity index (χ2n) is 8.62. The van der Waals surface area contributed by atoms with Crippen LogP contribution in [-0.4, -0.2) is 42.1 Å². The van der Waals surface area contributed by atoms with E-state index in [0.29, 0.717) is 11.6 Å². The predicted octanol–water partition coefficient (Wildman–Crippen LogP) is 4.20. The minimum absolute atomic E-state index is 0.226. The molecule has 0 spiro atoms. The largest absolute Gasteiger partial charge is 0.372 e. The number of aromatic nitrogens is 2. The van der Waals surface area contributed by atoms with E-state index >= 15 is 0 Å². The fourth-order valence-electron chi connectivity index (χ4n) is 4.22. The number of carbonyl (C=O) groups is 1. The Hall–Kier alpha value is -2.63. The van der Waals surface area contributed by atoms with E-state index in [1.54, 1.807) is 12.4 Å². The Labute approximate surface area is 173 Å². The summed E-state index contributed by atoms with van der Waals surface area (Å²) in [5.41, 5.74) is 2.34. The maximum atomic E-state index is 12.5. The van der Waals surface area contributed by atoms with Gasteiger partial charge < -0.3 is 15.1 Å². The topological polar surface area (TPSA) is 61.4 Å². The first-order valence-electron chi connectivity index (χ1n) is 10.8. The summed E-state index contributed by atoms with van der Waals surface area (Å²) < 4.78 is 0. The van der Waals surface area contributed by atoms with E-state index in [2.05, 4.69) is 51.1 Å². The molecule has 0 aliphatic carbocycles. The third-order valence-electron chi connectivity index (χ3n) is 6.13. The molecule has 1 N–H and O–H groups in total. The number of benzene rings is 1. The van der Waals surface area contributed by atoms with Crippen LogP contribution in [0, 0.1) is 11.8 Å². The molecular weight excluding hydrogens is 362 g/mol. The number of rotatable bonds is 4. The van der Waals surface area contributed by atoms with Crippen molar-refractivity contribution in [3.63, 3.8) is 0 Å². The van der Waals surface area contributed by atoms with Gasteiger partial charge in [0.2, 0.25) is 0 Å². The third-order valence-corrected chi connectivity index (χ3v) is 6.13. The number of piperidine rings is 2. The van der Waals surface area contributed by atoms with Gasteiger partial charge in [0.15, 0.2) is 0 Å². The van der Waals surface area contributed by atoms with Crippen LogP contribution in [0.2, 0.25) is 0 Å². The predicted molar refractivity (Wildman–Crippen MR) is 118 cm³/mol. The first-order valence-corrected chi connectivity index (χ1v) is 10.8. The minimum Gasteiger partial charge on any atom is -0.372 e. The van der Waals surface area contributed by atoms with Crippen molar-refractivity contribution in [3.8, 4) is 0 Å². The number of anilines is 3. The van der Waals surface area contributed by atoms with Crippen molar-refractivity contribution >= 4 is 23.1 Å². The Morgan fingerprint density at radius 2 is 1.69 bits per heavy atom. The first-order chi connectivity index (χ1) is 14.1. The molecule has 2 fully saturated rings. The Morgan fingerprint density at radius 3 is 2.34 bits per heavy atom. The molecule has 1 aromatic carbocycles. The maximum Gasteiger partial charge on any atom is 0.275 e. The first kappa shape index (κ1) is 19.7. The van der Waals surface area contributed by atoms with Crippen LogP contribution in [-0.2, 0) is 0 Å². The second kappa shape index (κ2) is 8.80. The molecule has 2 aromatic rings. The van der Waals surface area contributed by atoms with E-state index in [1.165, 1.54) is 31.4 Å². The van der Waals surface area contributed by atoms with Crippen LogP contribution in [0.25, 0.3) is 0 Å². The molecule has 29 heavy (non-hydrogen) atoms. The Morgan fingerprint density at radius 1 is 0.931 bits per heavy atom. The molecule has 2 aliphatic heterocycles. The van der Waals surface area contributed by atoms with Crippen LogP contribution in [0.5, 0.6) is 0 Å². The lowest BCUT2D eigenvalue weighted by molar-refractivity contribution is 0.102. The summed E-state index contributed by atoms with van der Waals surface area (Å²) in [6.07, 6.45) is 8.21. The number of hydrogen-bond acceptors (Lipinski definition) is 5. The SMILES string of the molecule is CC1CCN(c2ccc(NC(=O)c3cnc(N4CCCC(C)C4)cn3)cc2)CC1. The summed E-state index contributed by atoms with van der Waals surface area (Å²) in [7, 11) is 0. The molecule has 154 valence electrons. The van der Waals surface area contributed by atoms with Gasteiger partial charge in [0, 0.05) is 37.6 Å². The molecule has 6 heteroatoms. The Bertz CT molecular complexity index is 812. The van der Waals surface area contributed by atoms with Gasteiger partial charge in [-0.05, 0) is 61.8 Å². The van der Waals surface area contributed by atoms with Crippen molar-refractivity contribution in [3.05, 3.63) is 42.4 Å². The van der Waals surface area contributed by atoms with E-state index in [-0.39, 0.29) is 5.91 Å². The summed E-state index contributed by atoms with van der Waals surface area (Å²) in [5.74, 6) is 2.12. The Kier molecular flexibility index (Phi) is 5.97. The van der Waals surface area contributed by atoms with Gasteiger partial charge in [-0.1, -0.05) is 13.8 Å². The van der Waals surface area contributed by atoms with E-state index in [4.69, 9.17) is 0 Å². The number of hydrogen-bond donors (Lipinski definition) is 1. The average molecular weight is 394 g/mol. The molecule has 1 atom stereocenters. The summed E-state index contributed by atoms with van der Waals surface area (Å²) in [5, 5.41) is 2.93. The van der Waals surface area contributed by atoms with Crippen LogP contribution in [0.4, 0.5) is 17.2 Å². The second-order valence-corrected chi connectivity index (χ2v) is 8.62. The van der Waals surface area contributed by atoms with Crippen LogP contribution in [0.15, 0.2) is 36.7 Å². The highest BCUT2D eigenvalue weighted by atomic mass is 16.1. The van der Waals surface area contributed by atoms with Gasteiger partial charge in [-0.25, -0.2) is 9.97 Å². The molecule has 1 aromatic heterocycles. The smallest absolute Gasteiger partial charge is 0.275 e. The molecule has 0 saturated carbocycles. The zero-order chi connectivity index (χ0) is 20.2. The fraction of sp³-hybridized carbons (Fsp3) is 0.522. The summed E-state index contributed by atoms with van der Waals surface area (Å²) in [6, 6.07) is 8.08. The van der Waals surface area contributed by atoms with Gasteiger partial charge >= 0.3 is 0 Å². The molecule has 1 unspecified atom stereocenters. The molecule has 0 radical (unpaired) electrons. The van der Waals surface area contributed by atoms with Crippen molar-refractivity contribution in [2.45, 2.75) is 39.5 Å².